The van der Waals surface area contributed by atoms with Crippen LogP contribution in [0.15, 0.2) is 18.2 Å². The second kappa shape index (κ2) is 5.65. The van der Waals surface area contributed by atoms with E-state index in [0.717, 1.165) is 12.1 Å². The van der Waals surface area contributed by atoms with Gasteiger partial charge in [-0.3, -0.25) is 4.79 Å². The van der Waals surface area contributed by atoms with Crippen LogP contribution in [0.3, 0.4) is 0 Å². The summed E-state index contributed by atoms with van der Waals surface area (Å²) in [6.07, 6.45) is 1.20. The van der Waals surface area contributed by atoms with Crippen molar-refractivity contribution in [1.29, 1.82) is 0 Å². The van der Waals surface area contributed by atoms with Crippen molar-refractivity contribution in [2.75, 3.05) is 20.6 Å². The molecule has 0 radical (unpaired) electrons. The first-order valence-electron chi connectivity index (χ1n) is 6.38. The number of nitrogens with one attached hydrogen (secondary N) is 1. The molecule has 1 aromatic carbocycles. The number of benzene rings is 1. The normalized spacial score (nSPS) is 23.2. The van der Waals surface area contributed by atoms with Gasteiger partial charge >= 0.3 is 0 Å². The smallest absolute Gasteiger partial charge is 0.239 e. The summed E-state index contributed by atoms with van der Waals surface area (Å²) in [7, 11) is 3.38. The largest absolute Gasteiger partial charge is 0.347 e. The quantitative estimate of drug-likeness (QED) is 0.888. The lowest BCUT2D eigenvalue weighted by Crippen LogP contribution is -2.47. The summed E-state index contributed by atoms with van der Waals surface area (Å²) >= 11 is 0. The van der Waals surface area contributed by atoms with Crippen LogP contribution < -0.4 is 5.32 Å². The predicted octanol–water partition coefficient (Wildman–Crippen LogP) is 1.89. The highest BCUT2D eigenvalue weighted by Crippen LogP contribution is 2.30. The Labute approximate surface area is 111 Å². The topological polar surface area (TPSA) is 32.3 Å². The lowest BCUT2D eigenvalue weighted by molar-refractivity contribution is -0.131. The van der Waals surface area contributed by atoms with E-state index in [2.05, 4.69) is 5.32 Å². The number of hydrogen-bond acceptors (Lipinski definition) is 2. The van der Waals surface area contributed by atoms with Crippen molar-refractivity contribution in [2.45, 2.75) is 24.8 Å². The van der Waals surface area contributed by atoms with Gasteiger partial charge in [-0.15, -0.1) is 0 Å². The Bertz CT molecular complexity index is 477. The third-order valence-electron chi connectivity index (χ3n) is 3.54. The molecule has 2 rings (SSSR count). The summed E-state index contributed by atoms with van der Waals surface area (Å²) in [5.41, 5.74) is 0.373. The van der Waals surface area contributed by atoms with Crippen molar-refractivity contribution in [3.8, 4) is 0 Å². The van der Waals surface area contributed by atoms with E-state index >= 15 is 0 Å². The maximum atomic E-state index is 13.8. The van der Waals surface area contributed by atoms with Gasteiger partial charge in [0.15, 0.2) is 0 Å². The van der Waals surface area contributed by atoms with E-state index in [1.807, 2.05) is 0 Å². The van der Waals surface area contributed by atoms with Crippen LogP contribution in [0.1, 0.15) is 24.3 Å². The fourth-order valence-corrected chi connectivity index (χ4v) is 2.53. The van der Waals surface area contributed by atoms with Crippen molar-refractivity contribution < 1.29 is 13.6 Å². The van der Waals surface area contributed by atoms with E-state index in [1.54, 1.807) is 14.1 Å². The molecule has 5 heteroatoms. The molecule has 0 aliphatic carbocycles. The molecular formula is C14H18F2N2O. The van der Waals surface area contributed by atoms with Crippen molar-refractivity contribution in [3.63, 3.8) is 0 Å². The summed E-state index contributed by atoms with van der Waals surface area (Å²) in [6.45, 7) is 0.630. The Morgan fingerprint density at radius 1 is 1.37 bits per heavy atom. The van der Waals surface area contributed by atoms with E-state index in [0.29, 0.717) is 24.9 Å². The maximum absolute atomic E-state index is 13.8. The number of carbonyl (C=O) groups is 1. The van der Waals surface area contributed by atoms with Crippen LogP contribution in [0.5, 0.6) is 0 Å². The van der Waals surface area contributed by atoms with Gasteiger partial charge in [0.25, 0.3) is 0 Å². The van der Waals surface area contributed by atoms with Gasteiger partial charge in [-0.1, -0.05) is 0 Å². The zero-order chi connectivity index (χ0) is 14.0. The lowest BCUT2D eigenvalue weighted by atomic mass is 9.85. The van der Waals surface area contributed by atoms with Crippen LogP contribution in [-0.2, 0) is 4.79 Å². The van der Waals surface area contributed by atoms with Crippen molar-refractivity contribution >= 4 is 5.91 Å². The predicted molar refractivity (Wildman–Crippen MR) is 68.8 cm³/mol. The van der Waals surface area contributed by atoms with Gasteiger partial charge in [-0.25, -0.2) is 8.78 Å². The molecule has 1 aromatic rings. The Morgan fingerprint density at radius 3 is 2.79 bits per heavy atom. The first-order valence-corrected chi connectivity index (χ1v) is 6.38. The molecule has 1 aliphatic heterocycles. The fourth-order valence-electron chi connectivity index (χ4n) is 2.53. The highest BCUT2D eigenvalue weighted by molar-refractivity contribution is 5.81. The summed E-state index contributed by atoms with van der Waals surface area (Å²) in [5, 5.41) is 3.13. The lowest BCUT2D eigenvalue weighted by Gasteiger charge is -2.31. The molecule has 0 bridgehead atoms. The molecule has 0 spiro atoms. The van der Waals surface area contributed by atoms with Crippen molar-refractivity contribution in [1.82, 2.24) is 10.2 Å². The molecule has 19 heavy (non-hydrogen) atoms. The SMILES string of the molecule is CN(C)C(=O)C1CC(c2cc(F)ccc2F)CCN1. The maximum Gasteiger partial charge on any atom is 0.239 e. The minimum absolute atomic E-state index is 0.0264. The molecule has 1 N–H and O–H groups in total. The van der Waals surface area contributed by atoms with Crippen LogP contribution in [0.4, 0.5) is 8.78 Å². The van der Waals surface area contributed by atoms with Gasteiger partial charge in [0, 0.05) is 14.1 Å². The van der Waals surface area contributed by atoms with Gasteiger partial charge < -0.3 is 10.2 Å². The van der Waals surface area contributed by atoms with Crippen LogP contribution in [-0.4, -0.2) is 37.5 Å². The highest BCUT2D eigenvalue weighted by Gasteiger charge is 2.30. The summed E-state index contributed by atoms with van der Waals surface area (Å²) in [6, 6.07) is 3.18. The van der Waals surface area contributed by atoms with E-state index < -0.39 is 11.6 Å². The molecule has 3 nitrogen and oxygen atoms in total. The standard InChI is InChI=1S/C14H18F2N2O/c1-18(2)14(19)13-7-9(5-6-17-13)11-8-10(15)3-4-12(11)16/h3-4,8-9,13,17H,5-7H2,1-2H3. The second-order valence-corrected chi connectivity index (χ2v) is 5.13. The number of amides is 1. The van der Waals surface area contributed by atoms with Crippen LogP contribution >= 0.6 is 0 Å². The Balaban J connectivity index is 2.17. The number of rotatable bonds is 2. The number of carbonyl (C=O) groups excluding carboxylic acids is 1. The van der Waals surface area contributed by atoms with Gasteiger partial charge in [-0.05, 0) is 49.1 Å². The number of likely N-dealkylation sites (N-methyl/N-ethyl adjacent to an activating group) is 1. The third kappa shape index (κ3) is 3.10. The Kier molecular flexibility index (Phi) is 4.14. The molecule has 104 valence electrons. The van der Waals surface area contributed by atoms with Crippen LogP contribution in [0.2, 0.25) is 0 Å². The van der Waals surface area contributed by atoms with Crippen molar-refractivity contribution in [2.24, 2.45) is 0 Å². The number of halogens is 2. The van der Waals surface area contributed by atoms with Gasteiger partial charge in [0.05, 0.1) is 6.04 Å². The fraction of sp³-hybridized carbons (Fsp3) is 0.500. The minimum Gasteiger partial charge on any atom is -0.347 e. The summed E-state index contributed by atoms with van der Waals surface area (Å²) < 4.78 is 27.0. The second-order valence-electron chi connectivity index (χ2n) is 5.13. The van der Waals surface area contributed by atoms with Crippen molar-refractivity contribution in [3.05, 3.63) is 35.4 Å². The molecule has 1 saturated heterocycles. The average molecular weight is 268 g/mol. The Morgan fingerprint density at radius 2 is 2.11 bits per heavy atom. The first kappa shape index (κ1) is 13.9. The number of hydrogen-bond donors (Lipinski definition) is 1. The van der Waals surface area contributed by atoms with E-state index in [9.17, 15) is 13.6 Å². The van der Waals surface area contributed by atoms with E-state index in [4.69, 9.17) is 0 Å². The average Bonchev–Trinajstić information content (AvgIpc) is 2.40. The number of nitrogens with zero attached hydrogens (tertiary/aromatic N) is 1. The zero-order valence-corrected chi connectivity index (χ0v) is 11.1. The van der Waals surface area contributed by atoms with Gasteiger partial charge in [0.2, 0.25) is 5.91 Å². The van der Waals surface area contributed by atoms with Gasteiger partial charge in [-0.2, -0.15) is 0 Å². The van der Waals surface area contributed by atoms with Gasteiger partial charge in [0.1, 0.15) is 11.6 Å². The highest BCUT2D eigenvalue weighted by atomic mass is 19.1. The zero-order valence-electron chi connectivity index (χ0n) is 11.1. The molecule has 2 unspecified atom stereocenters. The molecule has 1 fully saturated rings. The molecular weight excluding hydrogens is 250 g/mol. The summed E-state index contributed by atoms with van der Waals surface area (Å²) in [4.78, 5) is 13.4. The van der Waals surface area contributed by atoms with E-state index in [1.165, 1.54) is 11.0 Å². The van der Waals surface area contributed by atoms with E-state index in [-0.39, 0.29) is 17.9 Å². The molecule has 1 aliphatic rings. The summed E-state index contributed by atoms with van der Waals surface area (Å²) in [5.74, 6) is -0.984. The molecule has 1 amide bonds. The molecule has 2 atom stereocenters. The number of piperidine rings is 1. The monoisotopic (exact) mass is 268 g/mol. The minimum atomic E-state index is -0.439. The first-order chi connectivity index (χ1) is 8.99. The molecule has 1 heterocycles. The van der Waals surface area contributed by atoms with Crippen LogP contribution in [0.25, 0.3) is 0 Å². The molecule has 0 aromatic heterocycles. The Hall–Kier alpha value is -1.49. The molecule has 0 saturated carbocycles. The van der Waals surface area contributed by atoms with Crippen LogP contribution in [0, 0.1) is 11.6 Å². The third-order valence-corrected chi connectivity index (χ3v) is 3.54.